The molecule has 3 rings (SSSR count). The van der Waals surface area contributed by atoms with Gasteiger partial charge in [0.25, 0.3) is 5.91 Å². The largest absolute Gasteiger partial charge is 0.493 e. The van der Waals surface area contributed by atoms with Crippen LogP contribution < -0.4 is 20.5 Å². The Kier molecular flexibility index (Phi) is 6.63. The van der Waals surface area contributed by atoms with Crippen LogP contribution in [0.1, 0.15) is 28.2 Å². The second kappa shape index (κ2) is 9.54. The molecule has 7 heteroatoms. The summed E-state index contributed by atoms with van der Waals surface area (Å²) in [6.07, 6.45) is 3.82. The quantitative estimate of drug-likeness (QED) is 0.578. The Balaban J connectivity index is 1.69. The second-order valence-electron chi connectivity index (χ2n) is 6.45. The molecule has 0 bridgehead atoms. The van der Waals surface area contributed by atoms with E-state index in [0.29, 0.717) is 29.6 Å². The normalized spacial score (nSPS) is 10.4. The van der Waals surface area contributed by atoms with Crippen molar-refractivity contribution in [2.75, 3.05) is 19.5 Å². The van der Waals surface area contributed by atoms with Crippen LogP contribution in [-0.2, 0) is 12.8 Å². The molecular formula is C22H24N4O3. The van der Waals surface area contributed by atoms with Crippen LogP contribution in [0.2, 0.25) is 0 Å². The standard InChI is InChI=1S/C22H24N4O3/c1-28-18-12-11-15(13-19(18)29-2)7-6-10-20-24-14-17(21(23)27)22(26-20)25-16-8-4-3-5-9-16/h3-5,8-9,11-14H,6-7,10H2,1-2H3,(H2,23,27)(H,24,25,26). The number of anilines is 2. The van der Waals surface area contributed by atoms with Gasteiger partial charge in [0, 0.05) is 18.3 Å². The first-order valence-electron chi connectivity index (χ1n) is 9.29. The lowest BCUT2D eigenvalue weighted by atomic mass is 10.1. The zero-order chi connectivity index (χ0) is 20.6. The molecule has 0 saturated carbocycles. The summed E-state index contributed by atoms with van der Waals surface area (Å²) in [4.78, 5) is 20.5. The van der Waals surface area contributed by atoms with Crippen LogP contribution in [0.25, 0.3) is 0 Å². The Hall–Kier alpha value is -3.61. The average Bonchev–Trinajstić information content (AvgIpc) is 2.74. The summed E-state index contributed by atoms with van der Waals surface area (Å²) in [7, 11) is 3.24. The van der Waals surface area contributed by atoms with Gasteiger partial charge in [-0.05, 0) is 42.7 Å². The number of nitrogens with one attached hydrogen (secondary N) is 1. The summed E-state index contributed by atoms with van der Waals surface area (Å²) in [6, 6.07) is 15.4. The van der Waals surface area contributed by atoms with Gasteiger partial charge in [0.1, 0.15) is 17.2 Å². The summed E-state index contributed by atoms with van der Waals surface area (Å²) in [5.41, 5.74) is 7.69. The number of hydrogen-bond acceptors (Lipinski definition) is 6. The number of nitrogens with two attached hydrogens (primary N) is 1. The molecule has 0 saturated heterocycles. The number of methoxy groups -OCH3 is 2. The Morgan fingerprint density at radius 3 is 2.48 bits per heavy atom. The Bertz CT molecular complexity index is 977. The van der Waals surface area contributed by atoms with Crippen LogP contribution >= 0.6 is 0 Å². The number of para-hydroxylation sites is 1. The molecule has 3 N–H and O–H groups in total. The number of rotatable bonds is 9. The Morgan fingerprint density at radius 2 is 1.79 bits per heavy atom. The van der Waals surface area contributed by atoms with Gasteiger partial charge in [-0.2, -0.15) is 0 Å². The minimum Gasteiger partial charge on any atom is -0.493 e. The van der Waals surface area contributed by atoms with Crippen molar-refractivity contribution in [3.05, 3.63) is 71.7 Å². The molecule has 7 nitrogen and oxygen atoms in total. The van der Waals surface area contributed by atoms with E-state index in [2.05, 4.69) is 15.3 Å². The number of hydrogen-bond donors (Lipinski definition) is 2. The molecule has 150 valence electrons. The van der Waals surface area contributed by atoms with E-state index < -0.39 is 5.91 Å². The highest BCUT2D eigenvalue weighted by atomic mass is 16.5. The first kappa shape index (κ1) is 20.1. The fourth-order valence-electron chi connectivity index (χ4n) is 2.96. The number of primary amides is 1. The fraction of sp³-hybridized carbons (Fsp3) is 0.227. The van der Waals surface area contributed by atoms with Gasteiger partial charge < -0.3 is 20.5 Å². The second-order valence-corrected chi connectivity index (χ2v) is 6.45. The van der Waals surface area contributed by atoms with E-state index in [1.807, 2.05) is 48.5 Å². The van der Waals surface area contributed by atoms with Crippen molar-refractivity contribution >= 4 is 17.4 Å². The van der Waals surface area contributed by atoms with E-state index in [1.54, 1.807) is 14.2 Å². The lowest BCUT2D eigenvalue weighted by molar-refractivity contribution is 0.100. The number of aryl methyl sites for hydroxylation is 2. The highest BCUT2D eigenvalue weighted by Crippen LogP contribution is 2.28. The van der Waals surface area contributed by atoms with E-state index >= 15 is 0 Å². The third kappa shape index (κ3) is 5.22. The summed E-state index contributed by atoms with van der Waals surface area (Å²) in [5.74, 6) is 1.91. The molecule has 1 amide bonds. The van der Waals surface area contributed by atoms with Gasteiger partial charge in [-0.1, -0.05) is 24.3 Å². The summed E-state index contributed by atoms with van der Waals surface area (Å²) < 4.78 is 10.6. The van der Waals surface area contributed by atoms with Crippen LogP contribution in [0.5, 0.6) is 11.5 Å². The SMILES string of the molecule is COc1ccc(CCCc2ncc(C(N)=O)c(Nc3ccccc3)n2)cc1OC. The fourth-order valence-corrected chi connectivity index (χ4v) is 2.96. The number of carbonyl (C=O) groups is 1. The minimum absolute atomic E-state index is 0.262. The topological polar surface area (TPSA) is 99.4 Å². The van der Waals surface area contributed by atoms with E-state index in [1.165, 1.54) is 6.20 Å². The summed E-state index contributed by atoms with van der Waals surface area (Å²) in [5, 5.41) is 3.15. The Morgan fingerprint density at radius 1 is 1.03 bits per heavy atom. The van der Waals surface area contributed by atoms with Crippen molar-refractivity contribution in [3.8, 4) is 11.5 Å². The number of carbonyl (C=O) groups excluding carboxylic acids is 1. The van der Waals surface area contributed by atoms with Gasteiger partial charge in [-0.25, -0.2) is 9.97 Å². The predicted octanol–water partition coefficient (Wildman–Crippen LogP) is 3.51. The molecule has 1 aromatic heterocycles. The molecule has 0 spiro atoms. The van der Waals surface area contributed by atoms with E-state index in [0.717, 1.165) is 24.1 Å². The van der Waals surface area contributed by atoms with E-state index in [9.17, 15) is 4.79 Å². The third-order valence-corrected chi connectivity index (χ3v) is 4.45. The maximum atomic E-state index is 11.7. The van der Waals surface area contributed by atoms with Crippen molar-refractivity contribution in [1.82, 2.24) is 9.97 Å². The first-order chi connectivity index (χ1) is 14.1. The zero-order valence-corrected chi connectivity index (χ0v) is 16.5. The number of benzene rings is 2. The molecule has 0 aliphatic carbocycles. The molecule has 0 aliphatic heterocycles. The van der Waals surface area contributed by atoms with Gasteiger partial charge in [-0.15, -0.1) is 0 Å². The number of aromatic nitrogens is 2. The van der Waals surface area contributed by atoms with E-state index in [4.69, 9.17) is 15.2 Å². The van der Waals surface area contributed by atoms with Gasteiger partial charge in [0.15, 0.2) is 11.5 Å². The third-order valence-electron chi connectivity index (χ3n) is 4.45. The van der Waals surface area contributed by atoms with Gasteiger partial charge >= 0.3 is 0 Å². The summed E-state index contributed by atoms with van der Waals surface area (Å²) in [6.45, 7) is 0. The lowest BCUT2D eigenvalue weighted by Gasteiger charge is -2.11. The molecule has 1 heterocycles. The van der Waals surface area contributed by atoms with Crippen LogP contribution in [0.15, 0.2) is 54.7 Å². The lowest BCUT2D eigenvalue weighted by Crippen LogP contribution is -2.16. The maximum absolute atomic E-state index is 11.7. The van der Waals surface area contributed by atoms with Gasteiger partial charge in [0.05, 0.1) is 14.2 Å². The monoisotopic (exact) mass is 392 g/mol. The molecule has 2 aromatic carbocycles. The smallest absolute Gasteiger partial charge is 0.254 e. The average molecular weight is 392 g/mol. The molecule has 0 unspecified atom stereocenters. The van der Waals surface area contributed by atoms with Crippen LogP contribution in [0.4, 0.5) is 11.5 Å². The molecular weight excluding hydrogens is 368 g/mol. The van der Waals surface area contributed by atoms with E-state index in [-0.39, 0.29) is 5.56 Å². The number of nitrogens with zero attached hydrogens (tertiary/aromatic N) is 2. The van der Waals surface area contributed by atoms with Gasteiger partial charge in [0.2, 0.25) is 0 Å². The van der Waals surface area contributed by atoms with Gasteiger partial charge in [-0.3, -0.25) is 4.79 Å². The van der Waals surface area contributed by atoms with Crippen molar-refractivity contribution in [2.45, 2.75) is 19.3 Å². The van der Waals surface area contributed by atoms with Crippen molar-refractivity contribution in [1.29, 1.82) is 0 Å². The number of ether oxygens (including phenoxy) is 2. The number of amides is 1. The Labute approximate surface area is 169 Å². The first-order valence-corrected chi connectivity index (χ1v) is 9.29. The van der Waals surface area contributed by atoms with Crippen molar-refractivity contribution < 1.29 is 14.3 Å². The minimum atomic E-state index is -0.569. The molecule has 3 aromatic rings. The molecule has 0 aliphatic rings. The predicted molar refractivity (Wildman–Crippen MR) is 112 cm³/mol. The van der Waals surface area contributed by atoms with Crippen LogP contribution in [0.3, 0.4) is 0 Å². The highest BCUT2D eigenvalue weighted by Gasteiger charge is 2.13. The van der Waals surface area contributed by atoms with Crippen molar-refractivity contribution in [3.63, 3.8) is 0 Å². The maximum Gasteiger partial charge on any atom is 0.254 e. The zero-order valence-electron chi connectivity index (χ0n) is 16.5. The molecule has 29 heavy (non-hydrogen) atoms. The van der Waals surface area contributed by atoms with Crippen molar-refractivity contribution in [2.24, 2.45) is 5.73 Å². The van der Waals surface area contributed by atoms with Crippen LogP contribution in [0, 0.1) is 0 Å². The van der Waals surface area contributed by atoms with Crippen LogP contribution in [-0.4, -0.2) is 30.1 Å². The molecule has 0 radical (unpaired) electrons. The molecule has 0 atom stereocenters. The highest BCUT2D eigenvalue weighted by molar-refractivity contribution is 5.97. The summed E-state index contributed by atoms with van der Waals surface area (Å²) >= 11 is 0. The molecule has 0 fully saturated rings.